The zero-order valence-electron chi connectivity index (χ0n) is 27.1. The number of hydrogen-bond donors (Lipinski definition) is 4. The molecule has 0 unspecified atom stereocenters. The molecule has 8 rings (SSSR count). The lowest BCUT2D eigenvalue weighted by molar-refractivity contribution is -0.150. The lowest BCUT2D eigenvalue weighted by atomic mass is 10.2. The molecule has 0 aliphatic carbocycles. The topological polar surface area (TPSA) is 200 Å². The van der Waals surface area contributed by atoms with Crippen LogP contribution in [-0.2, 0) is 17.9 Å². The summed E-state index contributed by atoms with van der Waals surface area (Å²) in [5, 5.41) is 25.1. The van der Waals surface area contributed by atoms with Gasteiger partial charge < -0.3 is 5.73 Å². The summed E-state index contributed by atoms with van der Waals surface area (Å²) in [5.74, 6) is -1.58. The van der Waals surface area contributed by atoms with Gasteiger partial charge in [0, 0.05) is 23.5 Å². The Labute approximate surface area is 294 Å². The van der Waals surface area contributed by atoms with Gasteiger partial charge in [-0.25, -0.2) is 28.1 Å². The Balaban J connectivity index is 0.000000170. The molecule has 0 aliphatic heterocycles. The van der Waals surface area contributed by atoms with Crippen LogP contribution < -0.4 is 11.1 Å². The van der Waals surface area contributed by atoms with Gasteiger partial charge in [-0.3, -0.25) is 20.3 Å². The number of aromatic nitrogens is 12. The second-order valence-corrected chi connectivity index (χ2v) is 11.3. The largest absolute Gasteiger partial charge is 0.397 e. The number of H-pyrrole nitrogens is 2. The summed E-state index contributed by atoms with van der Waals surface area (Å²) < 4.78 is 68.0. The Morgan fingerprint density at radius 2 is 1.23 bits per heavy atom. The van der Waals surface area contributed by atoms with E-state index in [4.69, 9.17) is 5.73 Å². The first kappa shape index (κ1) is 34.3. The van der Waals surface area contributed by atoms with Gasteiger partial charge in [0.25, 0.3) is 0 Å². The van der Waals surface area contributed by atoms with Crippen molar-refractivity contribution in [3.8, 4) is 23.0 Å². The average molecular weight is 729 g/mol. The number of fused-ring (bicyclic) bond motifs is 2. The number of pyridine rings is 2. The van der Waals surface area contributed by atoms with Crippen molar-refractivity contribution in [2.45, 2.75) is 25.7 Å². The number of nitrogens with two attached hydrogens (primary N) is 1. The summed E-state index contributed by atoms with van der Waals surface area (Å²) in [6.45, 7) is 0.368. The molecule has 5 N–H and O–H groups in total. The monoisotopic (exact) mass is 728 g/mol. The smallest absolute Gasteiger partial charge is 0.366 e. The molecule has 6 aromatic heterocycles. The Morgan fingerprint density at radius 1 is 0.717 bits per heavy atom. The second kappa shape index (κ2) is 14.2. The number of nitrogens with zero attached hydrogens (tertiary/aromatic N) is 10. The molecule has 8 aromatic rings. The van der Waals surface area contributed by atoms with Gasteiger partial charge in [0.2, 0.25) is 17.8 Å². The number of amides is 1. The summed E-state index contributed by atoms with van der Waals surface area (Å²) in [7, 11) is 0. The molecule has 15 nitrogen and oxygen atoms in total. The molecule has 0 spiro atoms. The Morgan fingerprint density at radius 3 is 1.72 bits per heavy atom. The minimum atomic E-state index is -4.64. The maximum atomic E-state index is 14.0. The highest BCUT2D eigenvalue weighted by atomic mass is 19.4. The molecule has 0 bridgehead atoms. The predicted octanol–water partition coefficient (Wildman–Crippen LogP) is 5.28. The van der Waals surface area contributed by atoms with Crippen molar-refractivity contribution in [2.75, 3.05) is 11.1 Å². The first-order chi connectivity index (χ1) is 25.5. The number of nitrogen functional groups attached to an aromatic ring is 1. The second-order valence-electron chi connectivity index (χ2n) is 11.3. The van der Waals surface area contributed by atoms with Crippen LogP contribution in [0.2, 0.25) is 0 Å². The van der Waals surface area contributed by atoms with E-state index in [0.717, 1.165) is 5.39 Å². The number of rotatable bonds is 8. The van der Waals surface area contributed by atoms with Crippen LogP contribution >= 0.6 is 0 Å². The van der Waals surface area contributed by atoms with Gasteiger partial charge in [-0.05, 0) is 36.4 Å². The fourth-order valence-corrected chi connectivity index (χ4v) is 5.32. The number of nitrogens with one attached hydrogen (secondary N) is 3. The number of alkyl halides is 3. The van der Waals surface area contributed by atoms with Crippen molar-refractivity contribution in [1.29, 1.82) is 0 Å². The summed E-state index contributed by atoms with van der Waals surface area (Å²) in [6.07, 6.45) is -3.08. The molecule has 0 saturated heterocycles. The van der Waals surface area contributed by atoms with Crippen LogP contribution in [-0.4, -0.2) is 72.0 Å². The Bertz CT molecular complexity index is 2550. The minimum absolute atomic E-state index is 0.101. The van der Waals surface area contributed by atoms with Crippen molar-refractivity contribution in [1.82, 2.24) is 59.9 Å². The quantitative estimate of drug-likeness (QED) is 0.149. The first-order valence-corrected chi connectivity index (χ1v) is 15.6. The van der Waals surface area contributed by atoms with Crippen LogP contribution in [0.15, 0.2) is 85.2 Å². The average Bonchev–Trinajstić information content (AvgIpc) is 3.93. The van der Waals surface area contributed by atoms with Crippen LogP contribution in [0.1, 0.15) is 17.5 Å². The van der Waals surface area contributed by atoms with Gasteiger partial charge in [-0.1, -0.05) is 36.4 Å². The molecule has 20 heteroatoms. The van der Waals surface area contributed by atoms with Gasteiger partial charge in [0.05, 0.1) is 23.9 Å². The highest BCUT2D eigenvalue weighted by Gasteiger charge is 2.31. The van der Waals surface area contributed by atoms with E-state index in [1.807, 2.05) is 11.4 Å². The van der Waals surface area contributed by atoms with E-state index in [1.165, 1.54) is 16.8 Å². The van der Waals surface area contributed by atoms with E-state index in [0.29, 0.717) is 45.0 Å². The van der Waals surface area contributed by atoms with Gasteiger partial charge in [-0.15, -0.1) is 10.2 Å². The molecule has 53 heavy (non-hydrogen) atoms. The zero-order chi connectivity index (χ0) is 37.1. The third kappa shape index (κ3) is 7.65. The van der Waals surface area contributed by atoms with E-state index < -0.39 is 24.3 Å². The van der Waals surface area contributed by atoms with Crippen molar-refractivity contribution >= 4 is 39.9 Å². The first-order valence-electron chi connectivity index (χ1n) is 15.6. The van der Waals surface area contributed by atoms with Crippen LogP contribution in [0, 0.1) is 11.6 Å². The van der Waals surface area contributed by atoms with Crippen molar-refractivity contribution in [3.63, 3.8) is 0 Å². The van der Waals surface area contributed by atoms with E-state index >= 15 is 0 Å². The number of hydrogen-bond acceptors (Lipinski definition) is 10. The normalized spacial score (nSPS) is 11.5. The van der Waals surface area contributed by atoms with Crippen LogP contribution in [0.5, 0.6) is 0 Å². The molecule has 2 aromatic carbocycles. The Hall–Kier alpha value is -7.12. The van der Waals surface area contributed by atoms with Crippen LogP contribution in [0.3, 0.4) is 0 Å². The molecule has 1 amide bonds. The third-order valence-corrected chi connectivity index (χ3v) is 7.62. The highest BCUT2D eigenvalue weighted by Crippen LogP contribution is 2.27. The molecule has 6 heterocycles. The van der Waals surface area contributed by atoms with E-state index in [9.17, 15) is 26.7 Å². The van der Waals surface area contributed by atoms with Crippen molar-refractivity contribution in [3.05, 3.63) is 108 Å². The van der Waals surface area contributed by atoms with E-state index in [1.54, 1.807) is 71.7 Å². The number of halogens is 5. The van der Waals surface area contributed by atoms with Gasteiger partial charge in [0.15, 0.2) is 22.9 Å². The lowest BCUT2D eigenvalue weighted by Gasteiger charge is -2.04. The molecule has 0 saturated carbocycles. The maximum absolute atomic E-state index is 14.0. The predicted molar refractivity (Wildman–Crippen MR) is 181 cm³/mol. The molecule has 0 radical (unpaired) electrons. The summed E-state index contributed by atoms with van der Waals surface area (Å²) in [6, 6.07) is 19.9. The summed E-state index contributed by atoms with van der Waals surface area (Å²) >= 11 is 0. The summed E-state index contributed by atoms with van der Waals surface area (Å²) in [4.78, 5) is 28.1. The fourth-order valence-electron chi connectivity index (χ4n) is 5.32. The molecular formula is C33H25F5N14O. The number of carbonyl (C=O) groups excluding carboxylic acids is 1. The maximum Gasteiger partial charge on any atom is 0.397 e. The van der Waals surface area contributed by atoms with Crippen LogP contribution in [0.4, 0.5) is 33.8 Å². The Kier molecular flexibility index (Phi) is 9.23. The van der Waals surface area contributed by atoms with E-state index in [-0.39, 0.29) is 36.6 Å². The molecule has 268 valence electrons. The number of anilines is 2. The van der Waals surface area contributed by atoms with Crippen LogP contribution in [0.25, 0.3) is 45.1 Å². The molecule has 0 fully saturated rings. The lowest BCUT2D eigenvalue weighted by Crippen LogP contribution is -2.21. The summed E-state index contributed by atoms with van der Waals surface area (Å²) in [5.41, 5.74) is 8.46. The van der Waals surface area contributed by atoms with Crippen molar-refractivity contribution in [2.24, 2.45) is 0 Å². The zero-order valence-corrected chi connectivity index (χ0v) is 27.1. The molecule has 0 aliphatic rings. The standard InChI is InChI=1S/C18H13F4N7O.C15H12FN7/c19-12-6-2-1-4-10(12)9-29-16-11(5-3-7-23-16)14(28-29)15-25-17(27-26-15)24-13(30)8-18(20,21)22;16-11-6-2-1-4-9(11)8-23-14-10(5-3-7-18-14)12(22-23)13-19-15(17)21-20-13/h1-7H,8-9H2,(H2,24,25,26,27,30);1-7H,8H2,(H3,17,19,20,21). The van der Waals surface area contributed by atoms with Crippen molar-refractivity contribution < 1.29 is 26.7 Å². The number of benzene rings is 2. The SMILES string of the molecule is Nc1n[nH]c(-c2nn(Cc3ccccc3F)c3ncccc23)n1.O=C(CC(F)(F)F)Nc1n[nH]c(-c2nn(Cc3ccccc3F)c3ncccc23)n1. The van der Waals surface area contributed by atoms with E-state index in [2.05, 4.69) is 50.5 Å². The highest BCUT2D eigenvalue weighted by molar-refractivity contribution is 5.91. The molecule has 0 atom stereocenters. The minimum Gasteiger partial charge on any atom is -0.366 e. The van der Waals surface area contributed by atoms with Gasteiger partial charge in [-0.2, -0.15) is 33.3 Å². The van der Waals surface area contributed by atoms with Gasteiger partial charge in [0.1, 0.15) is 29.4 Å². The fraction of sp³-hybridized carbons (Fsp3) is 0.121. The number of aromatic amines is 2. The molecular weight excluding hydrogens is 703 g/mol. The number of carbonyl (C=O) groups is 1. The van der Waals surface area contributed by atoms with Gasteiger partial charge >= 0.3 is 6.18 Å². The third-order valence-electron chi connectivity index (χ3n) is 7.62.